The summed E-state index contributed by atoms with van der Waals surface area (Å²) >= 11 is 0. The Hall–Kier alpha value is -2.91. The predicted octanol–water partition coefficient (Wildman–Crippen LogP) is 1.17. The molecule has 25 heavy (non-hydrogen) atoms. The van der Waals surface area contributed by atoms with Crippen molar-refractivity contribution in [3.8, 4) is 6.07 Å². The van der Waals surface area contributed by atoms with Gasteiger partial charge in [0.2, 0.25) is 5.91 Å². The third-order valence-corrected chi connectivity index (χ3v) is 4.41. The SMILES string of the molecule is N#Cc1ccnc(N2CCN(C(=O)C(N)Cc3ccccc3)CC2)c1. The lowest BCUT2D eigenvalue weighted by Gasteiger charge is -2.36. The van der Waals surface area contributed by atoms with Crippen LogP contribution in [-0.4, -0.2) is 48.0 Å². The molecule has 2 aromatic rings. The summed E-state index contributed by atoms with van der Waals surface area (Å²) in [5.74, 6) is 0.766. The van der Waals surface area contributed by atoms with Crippen molar-refractivity contribution in [3.63, 3.8) is 0 Å². The van der Waals surface area contributed by atoms with Crippen LogP contribution >= 0.6 is 0 Å². The molecule has 3 rings (SSSR count). The number of hydrogen-bond acceptors (Lipinski definition) is 5. The minimum Gasteiger partial charge on any atom is -0.353 e. The van der Waals surface area contributed by atoms with Crippen LogP contribution in [0.25, 0.3) is 0 Å². The van der Waals surface area contributed by atoms with Crippen LogP contribution in [0.3, 0.4) is 0 Å². The minimum atomic E-state index is -0.519. The molecular weight excluding hydrogens is 314 g/mol. The summed E-state index contributed by atoms with van der Waals surface area (Å²) in [5, 5.41) is 8.99. The van der Waals surface area contributed by atoms with Gasteiger partial charge in [-0.1, -0.05) is 30.3 Å². The third kappa shape index (κ3) is 4.14. The van der Waals surface area contributed by atoms with Crippen LogP contribution in [0.4, 0.5) is 5.82 Å². The van der Waals surface area contributed by atoms with Gasteiger partial charge < -0.3 is 15.5 Å². The fourth-order valence-corrected chi connectivity index (χ4v) is 3.01. The molecule has 1 atom stereocenters. The Morgan fingerprint density at radius 1 is 1.20 bits per heavy atom. The van der Waals surface area contributed by atoms with Crippen molar-refractivity contribution in [2.45, 2.75) is 12.5 Å². The molecule has 2 N–H and O–H groups in total. The van der Waals surface area contributed by atoms with Gasteiger partial charge in [0.1, 0.15) is 5.82 Å². The molecular formula is C19H21N5O. The molecule has 6 heteroatoms. The molecule has 1 aliphatic rings. The summed E-state index contributed by atoms with van der Waals surface area (Å²) in [6.07, 6.45) is 2.19. The first-order valence-corrected chi connectivity index (χ1v) is 8.37. The Morgan fingerprint density at radius 3 is 2.60 bits per heavy atom. The lowest BCUT2D eigenvalue weighted by atomic mass is 10.1. The van der Waals surface area contributed by atoms with Crippen molar-refractivity contribution >= 4 is 11.7 Å². The molecule has 1 aliphatic heterocycles. The van der Waals surface area contributed by atoms with E-state index in [1.54, 1.807) is 18.3 Å². The Kier molecular flexibility index (Phi) is 5.26. The molecule has 6 nitrogen and oxygen atoms in total. The number of carbonyl (C=O) groups excluding carboxylic acids is 1. The second kappa shape index (κ2) is 7.77. The average Bonchev–Trinajstić information content (AvgIpc) is 2.68. The first kappa shape index (κ1) is 16.9. The molecule has 1 saturated heterocycles. The number of aromatic nitrogens is 1. The molecule has 1 unspecified atom stereocenters. The molecule has 0 saturated carbocycles. The number of hydrogen-bond donors (Lipinski definition) is 1. The fraction of sp³-hybridized carbons (Fsp3) is 0.316. The van der Waals surface area contributed by atoms with Gasteiger partial charge in [-0.05, 0) is 24.1 Å². The second-order valence-electron chi connectivity index (χ2n) is 6.12. The summed E-state index contributed by atoms with van der Waals surface area (Å²) in [7, 11) is 0. The highest BCUT2D eigenvalue weighted by atomic mass is 16.2. The smallest absolute Gasteiger partial charge is 0.239 e. The van der Waals surface area contributed by atoms with Crippen LogP contribution < -0.4 is 10.6 Å². The standard InChI is InChI=1S/C19H21N5O/c20-14-16-6-7-22-18(13-16)23-8-10-24(11-9-23)19(25)17(21)12-15-4-2-1-3-5-15/h1-7,13,17H,8-12,21H2. The first-order valence-electron chi connectivity index (χ1n) is 8.37. The molecule has 0 radical (unpaired) electrons. The Morgan fingerprint density at radius 2 is 1.92 bits per heavy atom. The zero-order chi connectivity index (χ0) is 17.6. The van der Waals surface area contributed by atoms with Crippen molar-refractivity contribution in [1.82, 2.24) is 9.88 Å². The molecule has 1 aromatic carbocycles. The van der Waals surface area contributed by atoms with Gasteiger partial charge in [0.05, 0.1) is 17.7 Å². The maximum Gasteiger partial charge on any atom is 0.239 e. The topological polar surface area (TPSA) is 86.2 Å². The lowest BCUT2D eigenvalue weighted by Crippen LogP contribution is -2.53. The zero-order valence-electron chi connectivity index (χ0n) is 14.0. The maximum atomic E-state index is 12.6. The van der Waals surface area contributed by atoms with Crippen LogP contribution in [0.1, 0.15) is 11.1 Å². The van der Waals surface area contributed by atoms with Gasteiger partial charge in [-0.2, -0.15) is 5.26 Å². The lowest BCUT2D eigenvalue weighted by molar-refractivity contribution is -0.132. The Balaban J connectivity index is 1.56. The third-order valence-electron chi connectivity index (χ3n) is 4.41. The van der Waals surface area contributed by atoms with Crippen LogP contribution in [0.15, 0.2) is 48.7 Å². The summed E-state index contributed by atoms with van der Waals surface area (Å²) in [6.45, 7) is 2.59. The van der Waals surface area contributed by atoms with Gasteiger partial charge in [0.25, 0.3) is 0 Å². The number of pyridine rings is 1. The van der Waals surface area contributed by atoms with E-state index in [0.29, 0.717) is 38.2 Å². The van der Waals surface area contributed by atoms with Gasteiger partial charge in [0, 0.05) is 32.4 Å². The van der Waals surface area contributed by atoms with Gasteiger partial charge in [0.15, 0.2) is 0 Å². The van der Waals surface area contributed by atoms with Gasteiger partial charge in [-0.3, -0.25) is 4.79 Å². The van der Waals surface area contributed by atoms with Crippen LogP contribution in [0, 0.1) is 11.3 Å². The number of nitriles is 1. The van der Waals surface area contributed by atoms with Crippen molar-refractivity contribution in [2.75, 3.05) is 31.1 Å². The molecule has 0 bridgehead atoms. The Labute approximate surface area is 147 Å². The molecule has 1 aromatic heterocycles. The van der Waals surface area contributed by atoms with Gasteiger partial charge in [-0.15, -0.1) is 0 Å². The molecule has 128 valence electrons. The van der Waals surface area contributed by atoms with Gasteiger partial charge >= 0.3 is 0 Å². The predicted molar refractivity (Wildman–Crippen MR) is 95.9 cm³/mol. The summed E-state index contributed by atoms with van der Waals surface area (Å²) in [6, 6.07) is 14.9. The fourth-order valence-electron chi connectivity index (χ4n) is 3.01. The van der Waals surface area contributed by atoms with Crippen LogP contribution in [0.5, 0.6) is 0 Å². The maximum absolute atomic E-state index is 12.6. The number of piperazine rings is 1. The molecule has 0 spiro atoms. The van der Waals surface area contributed by atoms with Crippen molar-refractivity contribution in [2.24, 2.45) is 5.73 Å². The highest BCUT2D eigenvalue weighted by Gasteiger charge is 2.25. The summed E-state index contributed by atoms with van der Waals surface area (Å²) in [4.78, 5) is 20.8. The quantitative estimate of drug-likeness (QED) is 0.906. The van der Waals surface area contributed by atoms with E-state index < -0.39 is 6.04 Å². The highest BCUT2D eigenvalue weighted by Crippen LogP contribution is 2.15. The van der Waals surface area contributed by atoms with E-state index in [1.165, 1.54) is 0 Å². The van der Waals surface area contributed by atoms with Crippen molar-refractivity contribution < 1.29 is 4.79 Å². The molecule has 2 heterocycles. The average molecular weight is 335 g/mol. The van der Waals surface area contributed by atoms with E-state index in [9.17, 15) is 4.79 Å². The van der Waals surface area contributed by atoms with E-state index in [1.807, 2.05) is 35.2 Å². The van der Waals surface area contributed by atoms with Crippen molar-refractivity contribution in [3.05, 3.63) is 59.8 Å². The van der Waals surface area contributed by atoms with E-state index in [2.05, 4.69) is 16.0 Å². The van der Waals surface area contributed by atoms with Crippen LogP contribution in [0.2, 0.25) is 0 Å². The number of amides is 1. The molecule has 1 fully saturated rings. The number of nitrogens with two attached hydrogens (primary N) is 1. The number of anilines is 1. The van der Waals surface area contributed by atoms with Crippen molar-refractivity contribution in [1.29, 1.82) is 5.26 Å². The monoisotopic (exact) mass is 335 g/mol. The summed E-state index contributed by atoms with van der Waals surface area (Å²) < 4.78 is 0. The largest absolute Gasteiger partial charge is 0.353 e. The van der Waals surface area contributed by atoms with Gasteiger partial charge in [-0.25, -0.2) is 4.98 Å². The zero-order valence-corrected chi connectivity index (χ0v) is 14.0. The molecule has 0 aliphatic carbocycles. The van der Waals surface area contributed by atoms with E-state index in [-0.39, 0.29) is 5.91 Å². The second-order valence-corrected chi connectivity index (χ2v) is 6.12. The normalized spacial score (nSPS) is 15.5. The first-order chi connectivity index (χ1) is 12.2. The van der Waals surface area contributed by atoms with E-state index >= 15 is 0 Å². The highest BCUT2D eigenvalue weighted by molar-refractivity contribution is 5.82. The van der Waals surface area contributed by atoms with E-state index in [0.717, 1.165) is 11.4 Å². The van der Waals surface area contributed by atoms with Crippen LogP contribution in [-0.2, 0) is 11.2 Å². The van der Waals surface area contributed by atoms with E-state index in [4.69, 9.17) is 11.0 Å². The number of nitrogens with zero attached hydrogens (tertiary/aromatic N) is 4. The number of carbonyl (C=O) groups is 1. The summed E-state index contributed by atoms with van der Waals surface area (Å²) in [5.41, 5.74) is 7.77. The molecule has 1 amide bonds. The number of rotatable bonds is 4. The number of benzene rings is 1. The Bertz CT molecular complexity index is 763. The minimum absolute atomic E-state index is 0.0118.